The highest BCUT2D eigenvalue weighted by molar-refractivity contribution is 5.86. The second-order valence-corrected chi connectivity index (χ2v) is 4.56. The highest BCUT2D eigenvalue weighted by Crippen LogP contribution is 2.27. The lowest BCUT2D eigenvalue weighted by molar-refractivity contribution is 0.547. The second kappa shape index (κ2) is 4.12. The molecule has 1 N–H and O–H groups in total. The second-order valence-electron chi connectivity index (χ2n) is 4.56. The summed E-state index contributed by atoms with van der Waals surface area (Å²) in [6, 6.07) is 0. The van der Waals surface area contributed by atoms with E-state index in [0.717, 1.165) is 18.4 Å². The van der Waals surface area contributed by atoms with E-state index in [1.807, 2.05) is 0 Å². The Hall–Kier alpha value is -0.530. The Balaban J connectivity index is 1.74. The molecule has 0 aromatic carbocycles. The van der Waals surface area contributed by atoms with Crippen LogP contribution in [-0.4, -0.2) is 12.3 Å². The fourth-order valence-electron chi connectivity index (χ4n) is 1.93. The van der Waals surface area contributed by atoms with Gasteiger partial charge in [-0.25, -0.2) is 0 Å². The van der Waals surface area contributed by atoms with Crippen LogP contribution in [0.15, 0.2) is 5.10 Å². The van der Waals surface area contributed by atoms with Crippen molar-refractivity contribution in [1.82, 2.24) is 5.43 Å². The molecule has 0 aliphatic heterocycles. The minimum atomic E-state index is 0.723. The third-order valence-corrected chi connectivity index (χ3v) is 3.19. The summed E-state index contributed by atoms with van der Waals surface area (Å²) in [7, 11) is 0. The number of rotatable bonds is 3. The zero-order valence-electron chi connectivity index (χ0n) is 8.55. The fraction of sp³-hybridized carbons (Fsp3) is 0.909. The van der Waals surface area contributed by atoms with Gasteiger partial charge in [-0.1, -0.05) is 13.3 Å². The Morgan fingerprint density at radius 2 is 2.15 bits per heavy atom. The molecule has 0 radical (unpaired) electrons. The molecule has 0 spiro atoms. The van der Waals surface area contributed by atoms with Gasteiger partial charge < -0.3 is 5.43 Å². The fourth-order valence-corrected chi connectivity index (χ4v) is 1.93. The Labute approximate surface area is 80.8 Å². The molecular formula is C11H20N2. The molecule has 0 heterocycles. The van der Waals surface area contributed by atoms with Gasteiger partial charge in [-0.15, -0.1) is 0 Å². The van der Waals surface area contributed by atoms with Crippen LogP contribution in [0.1, 0.15) is 45.4 Å². The van der Waals surface area contributed by atoms with E-state index in [0.29, 0.717) is 0 Å². The van der Waals surface area contributed by atoms with E-state index in [4.69, 9.17) is 0 Å². The van der Waals surface area contributed by atoms with Gasteiger partial charge in [0.15, 0.2) is 0 Å². The zero-order chi connectivity index (χ0) is 9.10. The summed E-state index contributed by atoms with van der Waals surface area (Å²) in [6.45, 7) is 3.41. The number of hydrogen-bond acceptors (Lipinski definition) is 2. The van der Waals surface area contributed by atoms with Crippen LogP contribution in [0.3, 0.4) is 0 Å². The summed E-state index contributed by atoms with van der Waals surface area (Å²) in [4.78, 5) is 0. The minimum absolute atomic E-state index is 0.723. The SMILES string of the molecule is CC1CCCC/C1=N\NCC1CC1. The highest BCUT2D eigenvalue weighted by atomic mass is 15.3. The smallest absolute Gasteiger partial charge is 0.0406 e. The molecule has 1 atom stereocenters. The van der Waals surface area contributed by atoms with E-state index in [2.05, 4.69) is 17.5 Å². The molecule has 0 bridgehead atoms. The molecule has 0 amide bonds. The van der Waals surface area contributed by atoms with Gasteiger partial charge in [0.1, 0.15) is 0 Å². The van der Waals surface area contributed by atoms with Crippen LogP contribution in [0.2, 0.25) is 0 Å². The normalized spacial score (nSPS) is 32.1. The van der Waals surface area contributed by atoms with Gasteiger partial charge in [-0.3, -0.25) is 0 Å². The van der Waals surface area contributed by atoms with Crippen molar-refractivity contribution in [2.24, 2.45) is 16.9 Å². The summed E-state index contributed by atoms with van der Waals surface area (Å²) in [5, 5.41) is 4.51. The summed E-state index contributed by atoms with van der Waals surface area (Å²) in [5.74, 6) is 1.66. The van der Waals surface area contributed by atoms with E-state index < -0.39 is 0 Å². The first kappa shape index (κ1) is 9.04. The van der Waals surface area contributed by atoms with Gasteiger partial charge in [0.2, 0.25) is 0 Å². The average Bonchev–Trinajstić information content (AvgIpc) is 2.92. The Kier molecular flexibility index (Phi) is 2.87. The largest absolute Gasteiger partial charge is 0.310 e. The molecule has 0 aromatic heterocycles. The van der Waals surface area contributed by atoms with Crippen molar-refractivity contribution in [3.8, 4) is 0 Å². The van der Waals surface area contributed by atoms with E-state index in [1.54, 1.807) is 0 Å². The summed E-state index contributed by atoms with van der Waals surface area (Å²) >= 11 is 0. The molecule has 2 rings (SSSR count). The Bertz CT molecular complexity index is 194. The van der Waals surface area contributed by atoms with Crippen molar-refractivity contribution in [1.29, 1.82) is 0 Å². The van der Waals surface area contributed by atoms with Crippen molar-refractivity contribution in [2.75, 3.05) is 6.54 Å². The van der Waals surface area contributed by atoms with Crippen molar-refractivity contribution < 1.29 is 0 Å². The van der Waals surface area contributed by atoms with Crippen molar-refractivity contribution >= 4 is 5.71 Å². The number of hydrazone groups is 1. The quantitative estimate of drug-likeness (QED) is 0.663. The Morgan fingerprint density at radius 3 is 2.85 bits per heavy atom. The lowest BCUT2D eigenvalue weighted by atomic mass is 9.89. The van der Waals surface area contributed by atoms with Crippen LogP contribution in [-0.2, 0) is 0 Å². The van der Waals surface area contributed by atoms with Crippen molar-refractivity contribution in [2.45, 2.75) is 45.4 Å². The molecule has 2 aliphatic carbocycles. The van der Waals surface area contributed by atoms with Gasteiger partial charge >= 0.3 is 0 Å². The summed E-state index contributed by atoms with van der Waals surface area (Å²) in [5.41, 5.74) is 4.64. The van der Waals surface area contributed by atoms with E-state index >= 15 is 0 Å². The van der Waals surface area contributed by atoms with Crippen LogP contribution in [0, 0.1) is 11.8 Å². The monoisotopic (exact) mass is 180 g/mol. The summed E-state index contributed by atoms with van der Waals surface area (Å²) < 4.78 is 0. The number of hydrogen-bond donors (Lipinski definition) is 1. The Morgan fingerprint density at radius 1 is 1.31 bits per heavy atom. The third-order valence-electron chi connectivity index (χ3n) is 3.19. The van der Waals surface area contributed by atoms with Crippen LogP contribution < -0.4 is 5.43 Å². The molecule has 2 aliphatic rings. The summed E-state index contributed by atoms with van der Waals surface area (Å²) in [6.07, 6.45) is 8.11. The molecule has 2 saturated carbocycles. The van der Waals surface area contributed by atoms with Gasteiger partial charge in [-0.2, -0.15) is 5.10 Å². The molecule has 13 heavy (non-hydrogen) atoms. The van der Waals surface area contributed by atoms with Crippen molar-refractivity contribution in [3.05, 3.63) is 0 Å². The molecule has 1 unspecified atom stereocenters. The third kappa shape index (κ3) is 2.71. The van der Waals surface area contributed by atoms with Crippen LogP contribution in [0.4, 0.5) is 0 Å². The molecule has 2 nitrogen and oxygen atoms in total. The topological polar surface area (TPSA) is 24.4 Å². The molecule has 2 heteroatoms. The molecule has 74 valence electrons. The first-order valence-corrected chi connectivity index (χ1v) is 5.65. The highest BCUT2D eigenvalue weighted by Gasteiger charge is 2.21. The maximum Gasteiger partial charge on any atom is 0.0406 e. The number of nitrogens with zero attached hydrogens (tertiary/aromatic N) is 1. The molecular weight excluding hydrogens is 160 g/mol. The maximum absolute atomic E-state index is 4.51. The van der Waals surface area contributed by atoms with Crippen LogP contribution in [0.5, 0.6) is 0 Å². The zero-order valence-corrected chi connectivity index (χ0v) is 8.55. The minimum Gasteiger partial charge on any atom is -0.310 e. The predicted molar refractivity (Wildman–Crippen MR) is 55.8 cm³/mol. The van der Waals surface area contributed by atoms with E-state index in [9.17, 15) is 0 Å². The predicted octanol–water partition coefficient (Wildman–Crippen LogP) is 2.55. The lowest BCUT2D eigenvalue weighted by Crippen LogP contribution is -2.21. The van der Waals surface area contributed by atoms with E-state index in [-0.39, 0.29) is 0 Å². The number of nitrogens with one attached hydrogen (secondary N) is 1. The van der Waals surface area contributed by atoms with Gasteiger partial charge in [0.05, 0.1) is 0 Å². The standard InChI is InChI=1S/C11H20N2/c1-9-4-2-3-5-11(9)13-12-8-10-6-7-10/h9-10,12H,2-8H2,1H3/b13-11+. The van der Waals surface area contributed by atoms with Gasteiger partial charge in [0, 0.05) is 12.3 Å². The van der Waals surface area contributed by atoms with E-state index in [1.165, 1.54) is 44.2 Å². The van der Waals surface area contributed by atoms with Crippen LogP contribution >= 0.6 is 0 Å². The van der Waals surface area contributed by atoms with Gasteiger partial charge in [0.25, 0.3) is 0 Å². The van der Waals surface area contributed by atoms with Crippen molar-refractivity contribution in [3.63, 3.8) is 0 Å². The molecule has 0 aromatic rings. The van der Waals surface area contributed by atoms with Gasteiger partial charge in [-0.05, 0) is 43.9 Å². The maximum atomic E-state index is 4.51. The first-order chi connectivity index (χ1) is 6.36. The lowest BCUT2D eigenvalue weighted by Gasteiger charge is -2.19. The first-order valence-electron chi connectivity index (χ1n) is 5.65. The molecule has 0 saturated heterocycles. The average molecular weight is 180 g/mol. The molecule has 2 fully saturated rings. The van der Waals surface area contributed by atoms with Crippen LogP contribution in [0.25, 0.3) is 0 Å².